The van der Waals surface area contributed by atoms with Gasteiger partial charge in [0.25, 0.3) is 5.69 Å². The summed E-state index contributed by atoms with van der Waals surface area (Å²) >= 11 is 12.4. The Kier molecular flexibility index (Phi) is 3.52. The summed E-state index contributed by atoms with van der Waals surface area (Å²) in [4.78, 5) is 12.5. The number of aliphatic hydroxyl groups excluding tert-OH is 1. The standard InChI is InChI=1S/C13H14Cl2N2O3/c14-11-5-9(17(19)20)6-12(15)13(11)16-7-1-2-8(16)4-10(18)3-7/h5-8,10,18H,1-4H2. The van der Waals surface area contributed by atoms with E-state index in [1.54, 1.807) is 0 Å². The van der Waals surface area contributed by atoms with E-state index in [1.165, 1.54) is 12.1 Å². The highest BCUT2D eigenvalue weighted by atomic mass is 35.5. The molecular weight excluding hydrogens is 303 g/mol. The average molecular weight is 317 g/mol. The maximum Gasteiger partial charge on any atom is 0.272 e. The number of anilines is 1. The van der Waals surface area contributed by atoms with Gasteiger partial charge < -0.3 is 10.0 Å². The Labute approximate surface area is 126 Å². The van der Waals surface area contributed by atoms with Crippen molar-refractivity contribution in [1.82, 2.24) is 0 Å². The van der Waals surface area contributed by atoms with Crippen LogP contribution in [0.25, 0.3) is 0 Å². The minimum atomic E-state index is -0.504. The van der Waals surface area contributed by atoms with Crippen LogP contribution in [-0.2, 0) is 0 Å². The summed E-state index contributed by atoms with van der Waals surface area (Å²) in [5.41, 5.74) is 0.562. The van der Waals surface area contributed by atoms with Crippen molar-refractivity contribution in [3.05, 3.63) is 32.3 Å². The highest BCUT2D eigenvalue weighted by Crippen LogP contribution is 2.46. The molecule has 2 atom stereocenters. The summed E-state index contributed by atoms with van der Waals surface area (Å²) in [6.07, 6.45) is 3.09. The molecule has 3 rings (SSSR count). The fourth-order valence-corrected chi connectivity index (χ4v) is 4.09. The Bertz CT molecular complexity index is 530. The highest BCUT2D eigenvalue weighted by Gasteiger charge is 2.42. The van der Waals surface area contributed by atoms with Crippen LogP contribution >= 0.6 is 23.2 Å². The van der Waals surface area contributed by atoms with Gasteiger partial charge in [-0.2, -0.15) is 0 Å². The van der Waals surface area contributed by atoms with Gasteiger partial charge in [0, 0.05) is 24.2 Å². The lowest BCUT2D eigenvalue weighted by atomic mass is 9.99. The van der Waals surface area contributed by atoms with Gasteiger partial charge in [0.2, 0.25) is 0 Å². The summed E-state index contributed by atoms with van der Waals surface area (Å²) in [6, 6.07) is 3.10. The van der Waals surface area contributed by atoms with Crippen molar-refractivity contribution in [1.29, 1.82) is 0 Å². The molecule has 2 saturated heterocycles. The van der Waals surface area contributed by atoms with Crippen molar-refractivity contribution < 1.29 is 10.0 Å². The molecule has 5 nitrogen and oxygen atoms in total. The monoisotopic (exact) mass is 316 g/mol. The number of nitro benzene ring substituents is 1. The number of halogens is 2. The van der Waals surface area contributed by atoms with Crippen LogP contribution in [-0.4, -0.2) is 28.2 Å². The molecule has 2 fully saturated rings. The van der Waals surface area contributed by atoms with Crippen LogP contribution in [0.2, 0.25) is 10.0 Å². The normalized spacial score (nSPS) is 28.8. The van der Waals surface area contributed by atoms with E-state index in [9.17, 15) is 15.2 Å². The molecule has 108 valence electrons. The number of fused-ring (bicyclic) bond motifs is 2. The lowest BCUT2D eigenvalue weighted by Gasteiger charge is -2.39. The number of piperidine rings is 1. The van der Waals surface area contributed by atoms with Gasteiger partial charge in [-0.15, -0.1) is 0 Å². The molecule has 0 amide bonds. The summed E-state index contributed by atoms with van der Waals surface area (Å²) in [6.45, 7) is 0. The fraction of sp³-hybridized carbons (Fsp3) is 0.538. The highest BCUT2D eigenvalue weighted by molar-refractivity contribution is 6.39. The predicted molar refractivity (Wildman–Crippen MR) is 77.6 cm³/mol. The van der Waals surface area contributed by atoms with Gasteiger partial charge in [0.05, 0.1) is 26.8 Å². The number of nitro groups is 1. The molecule has 0 aliphatic carbocycles. The first-order valence-electron chi connectivity index (χ1n) is 6.57. The van der Waals surface area contributed by atoms with Crippen LogP contribution in [0.5, 0.6) is 0 Å². The Morgan fingerprint density at radius 3 is 2.15 bits per heavy atom. The topological polar surface area (TPSA) is 66.6 Å². The molecule has 0 spiro atoms. The molecule has 2 unspecified atom stereocenters. The SMILES string of the molecule is O=[N+]([O-])c1cc(Cl)c(N2C3CCC2CC(O)C3)c(Cl)c1. The predicted octanol–water partition coefficient (Wildman–Crippen LogP) is 3.39. The van der Waals surface area contributed by atoms with Crippen molar-refractivity contribution in [3.63, 3.8) is 0 Å². The van der Waals surface area contributed by atoms with Crippen LogP contribution < -0.4 is 4.90 Å². The third-order valence-electron chi connectivity index (χ3n) is 4.18. The zero-order valence-electron chi connectivity index (χ0n) is 10.6. The Morgan fingerprint density at radius 2 is 1.70 bits per heavy atom. The van der Waals surface area contributed by atoms with E-state index >= 15 is 0 Å². The molecule has 2 bridgehead atoms. The first-order chi connectivity index (χ1) is 9.47. The lowest BCUT2D eigenvalue weighted by molar-refractivity contribution is -0.384. The largest absolute Gasteiger partial charge is 0.393 e. The molecule has 20 heavy (non-hydrogen) atoms. The lowest BCUT2D eigenvalue weighted by Crippen LogP contribution is -2.45. The van der Waals surface area contributed by atoms with E-state index in [4.69, 9.17) is 23.2 Å². The zero-order valence-corrected chi connectivity index (χ0v) is 12.1. The first-order valence-corrected chi connectivity index (χ1v) is 7.33. The van der Waals surface area contributed by atoms with E-state index in [1.807, 2.05) is 0 Å². The first kappa shape index (κ1) is 13.9. The second-order valence-corrected chi connectivity index (χ2v) is 6.25. The Hall–Kier alpha value is -1.04. The van der Waals surface area contributed by atoms with Crippen LogP contribution in [0.3, 0.4) is 0 Å². The second kappa shape index (κ2) is 5.06. The Balaban J connectivity index is 2.01. The van der Waals surface area contributed by atoms with Gasteiger partial charge >= 0.3 is 0 Å². The van der Waals surface area contributed by atoms with Crippen LogP contribution in [0.4, 0.5) is 11.4 Å². The number of aliphatic hydroxyl groups is 1. The zero-order chi connectivity index (χ0) is 14.4. The number of nitrogens with zero attached hydrogens (tertiary/aromatic N) is 2. The molecule has 2 aliphatic heterocycles. The summed E-state index contributed by atoms with van der Waals surface area (Å²) in [5.74, 6) is 0. The summed E-state index contributed by atoms with van der Waals surface area (Å²) in [7, 11) is 0. The van der Waals surface area contributed by atoms with E-state index in [2.05, 4.69) is 4.90 Å². The molecule has 0 radical (unpaired) electrons. The van der Waals surface area contributed by atoms with E-state index in [-0.39, 0.29) is 23.9 Å². The number of non-ortho nitro benzene ring substituents is 1. The maximum atomic E-state index is 10.8. The summed E-state index contributed by atoms with van der Waals surface area (Å²) < 4.78 is 0. The third-order valence-corrected chi connectivity index (χ3v) is 4.76. The van der Waals surface area contributed by atoms with Crippen LogP contribution in [0, 0.1) is 10.1 Å². The molecule has 7 heteroatoms. The molecule has 2 aliphatic rings. The van der Waals surface area contributed by atoms with Crippen LogP contribution in [0.15, 0.2) is 12.1 Å². The van der Waals surface area contributed by atoms with E-state index in [0.29, 0.717) is 28.6 Å². The maximum absolute atomic E-state index is 10.8. The quantitative estimate of drug-likeness (QED) is 0.670. The van der Waals surface area contributed by atoms with Gasteiger partial charge in [0.15, 0.2) is 0 Å². The molecule has 1 N–H and O–H groups in total. The van der Waals surface area contributed by atoms with Crippen molar-refractivity contribution in [3.8, 4) is 0 Å². The van der Waals surface area contributed by atoms with Gasteiger partial charge in [0.1, 0.15) is 0 Å². The van der Waals surface area contributed by atoms with Crippen LogP contribution in [0.1, 0.15) is 25.7 Å². The van der Waals surface area contributed by atoms with Crippen molar-refractivity contribution >= 4 is 34.6 Å². The molecule has 0 aromatic heterocycles. The molecule has 0 saturated carbocycles. The van der Waals surface area contributed by atoms with Crippen molar-refractivity contribution in [2.24, 2.45) is 0 Å². The molecular formula is C13H14Cl2N2O3. The minimum absolute atomic E-state index is 0.104. The van der Waals surface area contributed by atoms with Gasteiger partial charge in [-0.3, -0.25) is 10.1 Å². The number of benzene rings is 1. The number of rotatable bonds is 2. The smallest absolute Gasteiger partial charge is 0.272 e. The third kappa shape index (κ3) is 2.24. The average Bonchev–Trinajstić information content (AvgIpc) is 2.62. The number of hydrogen-bond acceptors (Lipinski definition) is 4. The van der Waals surface area contributed by atoms with E-state index in [0.717, 1.165) is 12.8 Å². The van der Waals surface area contributed by atoms with Crippen molar-refractivity contribution in [2.75, 3.05) is 4.90 Å². The summed E-state index contributed by atoms with van der Waals surface area (Å²) in [5, 5.41) is 21.3. The fourth-order valence-electron chi connectivity index (χ4n) is 3.42. The minimum Gasteiger partial charge on any atom is -0.393 e. The van der Waals surface area contributed by atoms with E-state index < -0.39 is 4.92 Å². The van der Waals surface area contributed by atoms with Gasteiger partial charge in [-0.25, -0.2) is 0 Å². The Morgan fingerprint density at radius 1 is 1.20 bits per heavy atom. The molecule has 1 aromatic carbocycles. The second-order valence-electron chi connectivity index (χ2n) is 5.43. The van der Waals surface area contributed by atoms with Gasteiger partial charge in [-0.1, -0.05) is 23.2 Å². The molecule has 1 aromatic rings. The number of hydrogen-bond donors (Lipinski definition) is 1. The van der Waals surface area contributed by atoms with Gasteiger partial charge in [-0.05, 0) is 25.7 Å². The molecule has 2 heterocycles. The van der Waals surface area contributed by atoms with Crippen molar-refractivity contribution in [2.45, 2.75) is 43.9 Å².